The Morgan fingerprint density at radius 1 is 1.24 bits per heavy atom. The number of hydrogen-bond donors (Lipinski definition) is 2. The molecule has 1 aliphatic rings. The van der Waals surface area contributed by atoms with Crippen LogP contribution in [0.25, 0.3) is 0 Å². The Morgan fingerprint density at radius 3 is 2.24 bits per heavy atom. The maximum absolute atomic E-state index is 10.6. The van der Waals surface area contributed by atoms with Gasteiger partial charge < -0.3 is 10.3 Å². The van der Waals surface area contributed by atoms with Gasteiger partial charge in [-0.2, -0.15) is 5.06 Å². The van der Waals surface area contributed by atoms with Gasteiger partial charge in [-0.1, -0.05) is 27.2 Å². The number of hydroxylamine groups is 2. The largest absolute Gasteiger partial charge is 0.393 e. The Balaban J connectivity index is 3.06. The Kier molecular flexibility index (Phi) is 4.61. The van der Waals surface area contributed by atoms with Crippen molar-refractivity contribution in [3.63, 3.8) is 0 Å². The van der Waals surface area contributed by atoms with E-state index in [1.807, 2.05) is 0 Å². The molecule has 0 aliphatic carbocycles. The molecule has 1 fully saturated rings. The van der Waals surface area contributed by atoms with Crippen LogP contribution in [-0.4, -0.2) is 32.6 Å². The molecule has 3 nitrogen and oxygen atoms in total. The third-order valence-corrected chi connectivity index (χ3v) is 4.85. The average Bonchev–Trinajstić information content (AvgIpc) is 2.27. The maximum Gasteiger partial charge on any atom is 0.0605 e. The van der Waals surface area contributed by atoms with Crippen molar-refractivity contribution in [2.45, 2.75) is 83.9 Å². The molecule has 0 aromatic rings. The molecule has 0 radical (unpaired) electrons. The third kappa shape index (κ3) is 2.38. The Labute approximate surface area is 106 Å². The van der Waals surface area contributed by atoms with Gasteiger partial charge in [-0.05, 0) is 39.5 Å². The second-order valence-electron chi connectivity index (χ2n) is 6.06. The zero-order valence-corrected chi connectivity index (χ0v) is 12.0. The van der Waals surface area contributed by atoms with Crippen molar-refractivity contribution in [3.8, 4) is 0 Å². The molecule has 0 aromatic heterocycles. The number of aliphatic hydroxyl groups excluding tert-OH is 1. The van der Waals surface area contributed by atoms with E-state index in [0.717, 1.165) is 25.7 Å². The summed E-state index contributed by atoms with van der Waals surface area (Å²) in [4.78, 5) is 0. The quantitative estimate of drug-likeness (QED) is 0.797. The van der Waals surface area contributed by atoms with Crippen LogP contribution in [0.3, 0.4) is 0 Å². The monoisotopic (exact) mass is 243 g/mol. The van der Waals surface area contributed by atoms with Crippen molar-refractivity contribution in [2.75, 3.05) is 0 Å². The molecule has 102 valence electrons. The minimum absolute atomic E-state index is 0.155. The lowest BCUT2D eigenvalue weighted by atomic mass is 9.67. The molecule has 0 saturated carbocycles. The SMILES string of the molecule is CCCC1(C)CC(O)C(CC)C(C)(CC)N1O. The molecule has 1 heterocycles. The normalized spacial score (nSPS) is 43.9. The zero-order valence-electron chi connectivity index (χ0n) is 12.0. The van der Waals surface area contributed by atoms with Crippen molar-refractivity contribution in [2.24, 2.45) is 5.92 Å². The predicted molar refractivity (Wildman–Crippen MR) is 70.0 cm³/mol. The van der Waals surface area contributed by atoms with Gasteiger partial charge >= 0.3 is 0 Å². The molecular weight excluding hydrogens is 214 g/mol. The van der Waals surface area contributed by atoms with E-state index in [-0.39, 0.29) is 23.1 Å². The van der Waals surface area contributed by atoms with Crippen LogP contribution in [0.4, 0.5) is 0 Å². The topological polar surface area (TPSA) is 43.7 Å². The van der Waals surface area contributed by atoms with E-state index in [9.17, 15) is 10.3 Å². The lowest BCUT2D eigenvalue weighted by molar-refractivity contribution is -0.291. The molecule has 0 spiro atoms. The molecule has 1 saturated heterocycles. The number of hydrogen-bond acceptors (Lipinski definition) is 3. The van der Waals surface area contributed by atoms with Crippen molar-refractivity contribution < 1.29 is 10.3 Å². The van der Waals surface area contributed by atoms with E-state index in [0.29, 0.717) is 6.42 Å². The molecular formula is C14H29NO2. The van der Waals surface area contributed by atoms with Gasteiger partial charge in [0.05, 0.1) is 6.10 Å². The number of rotatable bonds is 4. The van der Waals surface area contributed by atoms with Gasteiger partial charge in [-0.25, -0.2) is 0 Å². The van der Waals surface area contributed by atoms with Gasteiger partial charge in [0.15, 0.2) is 0 Å². The van der Waals surface area contributed by atoms with Crippen LogP contribution in [0, 0.1) is 5.92 Å². The highest BCUT2D eigenvalue weighted by Crippen LogP contribution is 2.45. The number of aliphatic hydroxyl groups is 1. The lowest BCUT2D eigenvalue weighted by Crippen LogP contribution is -2.67. The first kappa shape index (κ1) is 14.9. The second kappa shape index (κ2) is 5.25. The van der Waals surface area contributed by atoms with Gasteiger partial charge in [-0.3, -0.25) is 0 Å². The Bertz CT molecular complexity index is 259. The predicted octanol–water partition coefficient (Wildman–Crippen LogP) is 3.20. The molecule has 1 rings (SSSR count). The summed E-state index contributed by atoms with van der Waals surface area (Å²) in [6, 6.07) is 0. The van der Waals surface area contributed by atoms with Gasteiger partial charge in [0.1, 0.15) is 0 Å². The molecule has 2 N–H and O–H groups in total. The fourth-order valence-corrected chi connectivity index (χ4v) is 3.74. The molecule has 3 heteroatoms. The summed E-state index contributed by atoms with van der Waals surface area (Å²) < 4.78 is 0. The molecule has 1 aliphatic heterocycles. The van der Waals surface area contributed by atoms with Crippen LogP contribution < -0.4 is 0 Å². The van der Waals surface area contributed by atoms with Gasteiger partial charge in [0.2, 0.25) is 0 Å². The van der Waals surface area contributed by atoms with Gasteiger partial charge in [0.25, 0.3) is 0 Å². The minimum Gasteiger partial charge on any atom is -0.393 e. The molecule has 0 aromatic carbocycles. The summed E-state index contributed by atoms with van der Waals surface area (Å²) >= 11 is 0. The van der Waals surface area contributed by atoms with Gasteiger partial charge in [-0.15, -0.1) is 0 Å². The fraction of sp³-hybridized carbons (Fsp3) is 1.00. The first-order chi connectivity index (χ1) is 7.85. The lowest BCUT2D eigenvalue weighted by Gasteiger charge is -2.57. The summed E-state index contributed by atoms with van der Waals surface area (Å²) in [7, 11) is 0. The average molecular weight is 243 g/mol. The van der Waals surface area contributed by atoms with Crippen LogP contribution in [0.2, 0.25) is 0 Å². The van der Waals surface area contributed by atoms with Crippen molar-refractivity contribution >= 4 is 0 Å². The van der Waals surface area contributed by atoms with Crippen LogP contribution in [-0.2, 0) is 0 Å². The highest BCUT2D eigenvalue weighted by atomic mass is 16.5. The molecule has 0 amide bonds. The van der Waals surface area contributed by atoms with E-state index in [1.54, 1.807) is 5.06 Å². The molecule has 4 unspecified atom stereocenters. The van der Waals surface area contributed by atoms with Crippen molar-refractivity contribution in [3.05, 3.63) is 0 Å². The first-order valence-electron chi connectivity index (χ1n) is 7.03. The standard InChI is InChI=1S/C14H29NO2/c1-6-9-13(4)10-12(16)11(7-2)14(5,8-3)15(13)17/h11-12,16-17H,6-10H2,1-5H3. The summed E-state index contributed by atoms with van der Waals surface area (Å²) in [5, 5.41) is 22.6. The maximum atomic E-state index is 10.6. The van der Waals surface area contributed by atoms with E-state index in [1.165, 1.54) is 0 Å². The van der Waals surface area contributed by atoms with Crippen LogP contribution in [0.1, 0.15) is 66.7 Å². The van der Waals surface area contributed by atoms with Crippen LogP contribution >= 0.6 is 0 Å². The Morgan fingerprint density at radius 2 is 1.82 bits per heavy atom. The number of nitrogens with zero attached hydrogens (tertiary/aromatic N) is 1. The summed E-state index contributed by atoms with van der Waals surface area (Å²) in [5.74, 6) is 0.155. The van der Waals surface area contributed by atoms with E-state index in [2.05, 4.69) is 34.6 Å². The minimum atomic E-state index is -0.309. The highest BCUT2D eigenvalue weighted by Gasteiger charge is 2.53. The van der Waals surface area contributed by atoms with E-state index < -0.39 is 0 Å². The summed E-state index contributed by atoms with van der Waals surface area (Å²) in [5.41, 5.74) is -0.596. The van der Waals surface area contributed by atoms with Crippen LogP contribution in [0.15, 0.2) is 0 Å². The third-order valence-electron chi connectivity index (χ3n) is 4.85. The molecule has 4 atom stereocenters. The van der Waals surface area contributed by atoms with Gasteiger partial charge in [0, 0.05) is 17.0 Å². The van der Waals surface area contributed by atoms with E-state index >= 15 is 0 Å². The first-order valence-corrected chi connectivity index (χ1v) is 7.03. The smallest absolute Gasteiger partial charge is 0.0605 e. The number of piperidine rings is 1. The summed E-state index contributed by atoms with van der Waals surface area (Å²) in [6.07, 6.45) is 4.09. The van der Waals surface area contributed by atoms with Crippen molar-refractivity contribution in [1.29, 1.82) is 0 Å². The van der Waals surface area contributed by atoms with Crippen molar-refractivity contribution in [1.82, 2.24) is 5.06 Å². The van der Waals surface area contributed by atoms with E-state index in [4.69, 9.17) is 0 Å². The molecule has 17 heavy (non-hydrogen) atoms. The van der Waals surface area contributed by atoms with Crippen LogP contribution in [0.5, 0.6) is 0 Å². The zero-order chi connectivity index (χ0) is 13.3. The second-order valence-corrected chi connectivity index (χ2v) is 6.06. The highest BCUT2D eigenvalue weighted by molar-refractivity contribution is 5.04. The molecule has 0 bridgehead atoms. The Hall–Kier alpha value is -0.120. The summed E-state index contributed by atoms with van der Waals surface area (Å²) in [6.45, 7) is 10.5. The fourth-order valence-electron chi connectivity index (χ4n) is 3.74.